The average molecular weight is 404 g/mol. The number of carbonyl (C=O) groups excluding carboxylic acids is 1. The van der Waals surface area contributed by atoms with E-state index < -0.39 is 0 Å². The molecule has 3 heterocycles. The molecular formula is C22H24N6O2. The molecule has 8 nitrogen and oxygen atoms in total. The Morgan fingerprint density at radius 3 is 2.63 bits per heavy atom. The van der Waals surface area contributed by atoms with Gasteiger partial charge in [0.05, 0.1) is 12.8 Å². The van der Waals surface area contributed by atoms with Crippen molar-refractivity contribution in [2.24, 2.45) is 0 Å². The Kier molecular flexibility index (Phi) is 6.12. The molecule has 1 atom stereocenters. The molecule has 1 amide bonds. The van der Waals surface area contributed by atoms with Crippen LogP contribution in [0.3, 0.4) is 0 Å². The third-order valence-electron chi connectivity index (χ3n) is 5.21. The van der Waals surface area contributed by atoms with Gasteiger partial charge in [0, 0.05) is 44.0 Å². The van der Waals surface area contributed by atoms with Crippen LogP contribution in [0, 0.1) is 0 Å². The lowest BCUT2D eigenvalue weighted by molar-refractivity contribution is -0.130. The van der Waals surface area contributed by atoms with Crippen molar-refractivity contribution in [1.29, 1.82) is 0 Å². The number of carbonyl (C=O) groups is 1. The number of rotatable bonds is 7. The molecule has 8 heteroatoms. The Labute approximate surface area is 175 Å². The molecule has 0 radical (unpaired) electrons. The standard InChI is InChI=1S/C22H24N6O2/c1-30-18-6-3-16(4-7-18)5-8-20(29)28-14-10-17(15-28)19-9-13-25-22(26-19)27-21-23-11-2-12-24-21/h2-4,6-7,9,11-13,17H,5,8,10,14-15H2,1H3,(H,23,24,25,26,27)/t17-/m1/s1. The second-order valence-corrected chi connectivity index (χ2v) is 7.18. The molecule has 0 bridgehead atoms. The molecule has 2 aromatic heterocycles. The highest BCUT2D eigenvalue weighted by Crippen LogP contribution is 2.27. The number of benzene rings is 1. The average Bonchev–Trinajstić information content (AvgIpc) is 3.29. The summed E-state index contributed by atoms with van der Waals surface area (Å²) in [6, 6.07) is 11.5. The molecule has 0 aliphatic carbocycles. The van der Waals surface area contributed by atoms with Crippen LogP contribution in [0.4, 0.5) is 11.9 Å². The van der Waals surface area contributed by atoms with Gasteiger partial charge in [0.1, 0.15) is 5.75 Å². The van der Waals surface area contributed by atoms with Crippen molar-refractivity contribution in [1.82, 2.24) is 24.8 Å². The number of anilines is 2. The first-order chi connectivity index (χ1) is 14.7. The van der Waals surface area contributed by atoms with E-state index in [-0.39, 0.29) is 11.8 Å². The number of aromatic nitrogens is 4. The Morgan fingerprint density at radius 1 is 1.10 bits per heavy atom. The van der Waals surface area contributed by atoms with E-state index in [2.05, 4.69) is 25.3 Å². The maximum atomic E-state index is 12.7. The van der Waals surface area contributed by atoms with E-state index in [4.69, 9.17) is 4.74 Å². The van der Waals surface area contributed by atoms with Crippen molar-refractivity contribution < 1.29 is 9.53 Å². The third kappa shape index (κ3) is 4.89. The topological polar surface area (TPSA) is 93.1 Å². The van der Waals surface area contributed by atoms with Gasteiger partial charge in [0.15, 0.2) is 0 Å². The van der Waals surface area contributed by atoms with E-state index in [1.807, 2.05) is 35.2 Å². The van der Waals surface area contributed by atoms with Gasteiger partial charge in [-0.15, -0.1) is 0 Å². The number of nitrogens with one attached hydrogen (secondary N) is 1. The summed E-state index contributed by atoms with van der Waals surface area (Å²) in [6.07, 6.45) is 7.16. The van der Waals surface area contributed by atoms with Crippen LogP contribution in [0.2, 0.25) is 0 Å². The Bertz CT molecular complexity index is 980. The Morgan fingerprint density at radius 2 is 1.87 bits per heavy atom. The molecule has 1 N–H and O–H groups in total. The lowest BCUT2D eigenvalue weighted by Crippen LogP contribution is -2.28. The summed E-state index contributed by atoms with van der Waals surface area (Å²) in [5, 5.41) is 3.01. The number of hydrogen-bond acceptors (Lipinski definition) is 7. The molecular weight excluding hydrogens is 380 g/mol. The van der Waals surface area contributed by atoms with Crippen LogP contribution in [0.25, 0.3) is 0 Å². The number of hydrogen-bond donors (Lipinski definition) is 1. The predicted octanol–water partition coefficient (Wildman–Crippen LogP) is 2.97. The van der Waals surface area contributed by atoms with Crippen LogP contribution < -0.4 is 10.1 Å². The lowest BCUT2D eigenvalue weighted by atomic mass is 10.1. The summed E-state index contributed by atoms with van der Waals surface area (Å²) in [6.45, 7) is 1.43. The minimum Gasteiger partial charge on any atom is -0.497 e. The van der Waals surface area contributed by atoms with Crippen molar-refractivity contribution in [3.05, 3.63) is 66.2 Å². The van der Waals surface area contributed by atoms with Gasteiger partial charge in [-0.2, -0.15) is 0 Å². The lowest BCUT2D eigenvalue weighted by Gasteiger charge is -2.17. The van der Waals surface area contributed by atoms with E-state index >= 15 is 0 Å². The van der Waals surface area contributed by atoms with Gasteiger partial charge in [-0.3, -0.25) is 10.1 Å². The second-order valence-electron chi connectivity index (χ2n) is 7.18. The molecule has 1 aliphatic rings. The maximum absolute atomic E-state index is 12.7. The Hall–Kier alpha value is -3.55. The first-order valence-electron chi connectivity index (χ1n) is 9.99. The van der Waals surface area contributed by atoms with Gasteiger partial charge in [-0.05, 0) is 42.7 Å². The molecule has 1 aromatic carbocycles. The maximum Gasteiger partial charge on any atom is 0.229 e. The van der Waals surface area contributed by atoms with Gasteiger partial charge < -0.3 is 9.64 Å². The van der Waals surface area contributed by atoms with Crippen molar-refractivity contribution in [2.45, 2.75) is 25.2 Å². The molecule has 30 heavy (non-hydrogen) atoms. The zero-order valence-electron chi connectivity index (χ0n) is 16.9. The molecule has 1 aliphatic heterocycles. The number of methoxy groups -OCH3 is 1. The van der Waals surface area contributed by atoms with E-state index in [1.54, 1.807) is 31.8 Å². The summed E-state index contributed by atoms with van der Waals surface area (Å²) in [4.78, 5) is 31.7. The molecule has 4 rings (SSSR count). The first kappa shape index (κ1) is 19.8. The van der Waals surface area contributed by atoms with E-state index in [0.29, 0.717) is 24.9 Å². The predicted molar refractivity (Wildman–Crippen MR) is 113 cm³/mol. The SMILES string of the molecule is COc1ccc(CCC(=O)N2CC[C@@H](c3ccnc(Nc4ncccn4)n3)C2)cc1. The normalized spacial score (nSPS) is 15.8. The molecule has 0 saturated carbocycles. The smallest absolute Gasteiger partial charge is 0.229 e. The van der Waals surface area contributed by atoms with E-state index in [0.717, 1.165) is 36.4 Å². The summed E-state index contributed by atoms with van der Waals surface area (Å²) in [7, 11) is 1.65. The zero-order chi connectivity index (χ0) is 20.8. The Balaban J connectivity index is 1.32. The molecule has 0 spiro atoms. The van der Waals surface area contributed by atoms with Gasteiger partial charge in [0.2, 0.25) is 17.8 Å². The highest BCUT2D eigenvalue weighted by Gasteiger charge is 2.28. The number of likely N-dealkylation sites (tertiary alicyclic amines) is 1. The van der Waals surface area contributed by atoms with Crippen LogP contribution in [0.1, 0.15) is 30.0 Å². The largest absolute Gasteiger partial charge is 0.497 e. The summed E-state index contributed by atoms with van der Waals surface area (Å²) < 4.78 is 5.17. The van der Waals surface area contributed by atoms with Crippen LogP contribution in [-0.2, 0) is 11.2 Å². The number of aryl methyl sites for hydroxylation is 1. The molecule has 0 unspecified atom stereocenters. The molecule has 3 aromatic rings. The van der Waals surface area contributed by atoms with Crippen LogP contribution >= 0.6 is 0 Å². The molecule has 1 fully saturated rings. The highest BCUT2D eigenvalue weighted by atomic mass is 16.5. The molecule has 154 valence electrons. The fourth-order valence-corrected chi connectivity index (χ4v) is 3.55. The number of nitrogens with zero attached hydrogens (tertiary/aromatic N) is 5. The van der Waals surface area contributed by atoms with Crippen molar-refractivity contribution in [2.75, 3.05) is 25.5 Å². The fraction of sp³-hybridized carbons (Fsp3) is 0.318. The van der Waals surface area contributed by atoms with E-state index in [9.17, 15) is 4.79 Å². The second kappa shape index (κ2) is 9.30. The van der Waals surface area contributed by atoms with Gasteiger partial charge >= 0.3 is 0 Å². The zero-order valence-corrected chi connectivity index (χ0v) is 16.9. The summed E-state index contributed by atoms with van der Waals surface area (Å²) in [5.74, 6) is 2.12. The minimum atomic E-state index is 0.179. The molecule has 1 saturated heterocycles. The van der Waals surface area contributed by atoms with Crippen LogP contribution in [0.15, 0.2) is 55.0 Å². The van der Waals surface area contributed by atoms with Crippen molar-refractivity contribution >= 4 is 17.8 Å². The van der Waals surface area contributed by atoms with Crippen molar-refractivity contribution in [3.8, 4) is 5.75 Å². The van der Waals surface area contributed by atoms with Crippen LogP contribution in [0.5, 0.6) is 5.75 Å². The quantitative estimate of drug-likeness (QED) is 0.647. The van der Waals surface area contributed by atoms with Gasteiger partial charge in [-0.25, -0.2) is 19.9 Å². The first-order valence-corrected chi connectivity index (χ1v) is 9.99. The fourth-order valence-electron chi connectivity index (χ4n) is 3.55. The number of ether oxygens (including phenoxy) is 1. The number of amides is 1. The van der Waals surface area contributed by atoms with Crippen molar-refractivity contribution in [3.63, 3.8) is 0 Å². The van der Waals surface area contributed by atoms with E-state index in [1.165, 1.54) is 0 Å². The highest BCUT2D eigenvalue weighted by molar-refractivity contribution is 5.76. The summed E-state index contributed by atoms with van der Waals surface area (Å²) >= 11 is 0. The monoisotopic (exact) mass is 404 g/mol. The van der Waals surface area contributed by atoms with Gasteiger partial charge in [-0.1, -0.05) is 12.1 Å². The van der Waals surface area contributed by atoms with Crippen LogP contribution in [-0.4, -0.2) is 50.9 Å². The summed E-state index contributed by atoms with van der Waals surface area (Å²) in [5.41, 5.74) is 2.06. The third-order valence-corrected chi connectivity index (χ3v) is 5.21. The minimum absolute atomic E-state index is 0.179. The van der Waals surface area contributed by atoms with Gasteiger partial charge in [0.25, 0.3) is 0 Å².